The van der Waals surface area contributed by atoms with Crippen LogP contribution in [0.5, 0.6) is 0 Å². The molecule has 0 aliphatic rings. The topological polar surface area (TPSA) is 83.8 Å². The molecule has 0 bridgehead atoms. The van der Waals surface area contributed by atoms with Crippen molar-refractivity contribution in [3.63, 3.8) is 0 Å². The maximum atomic E-state index is 15.0. The first-order chi connectivity index (χ1) is 14.3. The number of hydrogen-bond acceptors (Lipinski definition) is 3. The van der Waals surface area contributed by atoms with E-state index in [4.69, 9.17) is 5.73 Å². The number of pyridine rings is 1. The normalized spacial score (nSPS) is 13.5. The molecule has 0 fully saturated rings. The van der Waals surface area contributed by atoms with Gasteiger partial charge in [-0.15, -0.1) is 0 Å². The third-order valence-electron chi connectivity index (χ3n) is 4.94. The van der Waals surface area contributed by atoms with Crippen molar-refractivity contribution in [1.29, 1.82) is 0 Å². The number of hydrogen-bond donors (Lipinski definition) is 3. The number of alkyl halides is 3. The van der Waals surface area contributed by atoms with Crippen LogP contribution >= 0.6 is 0 Å². The van der Waals surface area contributed by atoms with E-state index in [1.165, 1.54) is 25.3 Å². The second kappa shape index (κ2) is 7.96. The number of nitrogens with zero attached hydrogens (tertiary/aromatic N) is 1. The van der Waals surface area contributed by atoms with Crippen molar-refractivity contribution in [3.8, 4) is 11.1 Å². The Labute approximate surface area is 177 Å². The zero-order valence-electron chi connectivity index (χ0n) is 17.6. The van der Waals surface area contributed by atoms with Crippen molar-refractivity contribution in [2.45, 2.75) is 46.3 Å². The number of aromatic nitrogens is 2. The highest BCUT2D eigenvalue weighted by molar-refractivity contribution is 5.97. The molecule has 0 saturated heterocycles. The maximum absolute atomic E-state index is 15.0. The predicted octanol–water partition coefficient (Wildman–Crippen LogP) is 5.40. The van der Waals surface area contributed by atoms with E-state index < -0.39 is 29.6 Å². The van der Waals surface area contributed by atoms with Crippen LogP contribution in [0.3, 0.4) is 0 Å². The Morgan fingerprint density at radius 2 is 1.87 bits per heavy atom. The molecule has 0 radical (unpaired) electrons. The van der Waals surface area contributed by atoms with Crippen molar-refractivity contribution in [1.82, 2.24) is 9.97 Å². The first-order valence-corrected chi connectivity index (χ1v) is 9.69. The van der Waals surface area contributed by atoms with Gasteiger partial charge in [0.05, 0.1) is 11.7 Å². The number of carbonyl (C=O) groups excluding carboxylic acids is 1. The third-order valence-corrected chi connectivity index (χ3v) is 4.94. The van der Waals surface area contributed by atoms with E-state index >= 15 is 4.39 Å². The molecule has 1 atom stereocenters. The van der Waals surface area contributed by atoms with Crippen molar-refractivity contribution >= 4 is 22.6 Å². The number of rotatable bonds is 4. The number of nitrogens with two attached hydrogens (primary N) is 1. The second-order valence-electron chi connectivity index (χ2n) is 8.76. The number of nitrogens with one attached hydrogen (secondary N) is 2. The Morgan fingerprint density at radius 1 is 1.19 bits per heavy atom. The smallest absolute Gasteiger partial charge is 0.336 e. The number of carbonyl (C=O) groups is 1. The van der Waals surface area contributed by atoms with Crippen molar-refractivity contribution in [2.24, 2.45) is 11.1 Å². The van der Waals surface area contributed by atoms with E-state index in [1.54, 1.807) is 6.07 Å². The summed E-state index contributed by atoms with van der Waals surface area (Å²) in [6.45, 7) is 7.33. The minimum absolute atomic E-state index is 0.0361. The Hall–Kier alpha value is -2.94. The van der Waals surface area contributed by atoms with E-state index in [1.807, 2.05) is 20.8 Å². The van der Waals surface area contributed by atoms with Gasteiger partial charge in [0.15, 0.2) is 0 Å². The van der Waals surface area contributed by atoms with Gasteiger partial charge in [-0.05, 0) is 53.6 Å². The average Bonchev–Trinajstić information content (AvgIpc) is 3.09. The van der Waals surface area contributed by atoms with Gasteiger partial charge in [0.2, 0.25) is 5.91 Å². The van der Waals surface area contributed by atoms with E-state index in [2.05, 4.69) is 15.3 Å². The fourth-order valence-electron chi connectivity index (χ4n) is 3.47. The predicted molar refractivity (Wildman–Crippen MR) is 112 cm³/mol. The van der Waals surface area contributed by atoms with Crippen LogP contribution in [0.25, 0.3) is 22.2 Å². The van der Waals surface area contributed by atoms with E-state index in [-0.39, 0.29) is 27.7 Å². The number of benzene rings is 1. The summed E-state index contributed by atoms with van der Waals surface area (Å²) in [5, 5.41) is 2.73. The molecule has 5 nitrogen and oxygen atoms in total. The molecule has 3 aromatic rings. The Morgan fingerprint density at radius 3 is 2.48 bits per heavy atom. The molecule has 1 aromatic carbocycles. The monoisotopic (exact) mass is 436 g/mol. The maximum Gasteiger partial charge on any atom is 0.431 e. The molecule has 166 valence electrons. The number of halogens is 4. The highest BCUT2D eigenvalue weighted by Crippen LogP contribution is 2.37. The van der Waals surface area contributed by atoms with Crippen LogP contribution in [0, 0.1) is 18.2 Å². The summed E-state index contributed by atoms with van der Waals surface area (Å²) in [6.07, 6.45) is -2.79. The summed E-state index contributed by atoms with van der Waals surface area (Å²) in [5.41, 5.74) is 5.81. The number of H-pyrrole nitrogens is 1. The average molecular weight is 436 g/mol. The lowest BCUT2D eigenvalue weighted by atomic mass is 9.88. The molecule has 2 aromatic heterocycles. The number of aromatic amines is 1. The molecule has 31 heavy (non-hydrogen) atoms. The molecule has 0 unspecified atom stereocenters. The summed E-state index contributed by atoms with van der Waals surface area (Å²) in [5.74, 6) is -1.18. The highest BCUT2D eigenvalue weighted by Gasteiger charge is 2.33. The van der Waals surface area contributed by atoms with Crippen LogP contribution in [-0.4, -0.2) is 21.9 Å². The lowest BCUT2D eigenvalue weighted by Gasteiger charge is -2.22. The number of anilines is 1. The van der Waals surface area contributed by atoms with Crippen LogP contribution in [0.2, 0.25) is 0 Å². The van der Waals surface area contributed by atoms with Gasteiger partial charge in [-0.25, -0.2) is 9.37 Å². The number of amides is 1. The molecular weight excluding hydrogens is 412 g/mol. The lowest BCUT2D eigenvalue weighted by molar-refractivity contribution is -0.140. The van der Waals surface area contributed by atoms with Gasteiger partial charge >= 0.3 is 6.18 Å². The van der Waals surface area contributed by atoms with Gasteiger partial charge in [0, 0.05) is 11.6 Å². The largest absolute Gasteiger partial charge is 0.431 e. The standard InChI is InChI=1S/C22H24F4N4O/c1-11-12(13-7-8-28-19-14(13)9-17(30-19)22(24,25)26)5-6-16(18(11)23)29-20(31)15(27)10-21(2,3)4/h5-9,15H,10,27H2,1-4H3,(H,28,30)(H,29,31)/t15-/m1/s1. The van der Waals surface area contributed by atoms with Crippen LogP contribution in [-0.2, 0) is 11.0 Å². The zero-order chi connectivity index (χ0) is 23.1. The Balaban J connectivity index is 1.96. The Kier molecular flexibility index (Phi) is 5.84. The molecule has 0 spiro atoms. The van der Waals surface area contributed by atoms with Crippen molar-refractivity contribution < 1.29 is 22.4 Å². The SMILES string of the molecule is Cc1c(-c2ccnc3[nH]c(C(F)(F)F)cc23)ccc(NC(=O)[C@H](N)CC(C)(C)C)c1F. The van der Waals surface area contributed by atoms with Crippen LogP contribution < -0.4 is 11.1 Å². The third kappa shape index (κ3) is 4.87. The quantitative estimate of drug-likeness (QED) is 0.479. The number of fused-ring (bicyclic) bond motifs is 1. The lowest BCUT2D eigenvalue weighted by Crippen LogP contribution is -2.38. The minimum Gasteiger partial charge on any atom is -0.336 e. The minimum atomic E-state index is -4.56. The fourth-order valence-corrected chi connectivity index (χ4v) is 3.47. The summed E-state index contributed by atoms with van der Waals surface area (Å²) in [6, 6.07) is 4.60. The summed E-state index contributed by atoms with van der Waals surface area (Å²) in [4.78, 5) is 18.5. The molecule has 9 heteroatoms. The van der Waals surface area contributed by atoms with Gasteiger partial charge in [0.1, 0.15) is 17.2 Å². The molecule has 0 aliphatic heterocycles. The van der Waals surface area contributed by atoms with Gasteiger partial charge in [-0.3, -0.25) is 4.79 Å². The van der Waals surface area contributed by atoms with Gasteiger partial charge < -0.3 is 16.0 Å². The van der Waals surface area contributed by atoms with E-state index in [0.29, 0.717) is 17.5 Å². The first kappa shape index (κ1) is 22.7. The van der Waals surface area contributed by atoms with Gasteiger partial charge in [0.25, 0.3) is 0 Å². The molecule has 2 heterocycles. The molecule has 3 rings (SSSR count). The molecule has 0 aliphatic carbocycles. The molecule has 1 amide bonds. The van der Waals surface area contributed by atoms with Crippen LogP contribution in [0.15, 0.2) is 30.5 Å². The summed E-state index contributed by atoms with van der Waals surface area (Å²) < 4.78 is 54.3. The van der Waals surface area contributed by atoms with Crippen LogP contribution in [0.1, 0.15) is 38.4 Å². The van der Waals surface area contributed by atoms with Crippen molar-refractivity contribution in [2.75, 3.05) is 5.32 Å². The fraction of sp³-hybridized carbons (Fsp3) is 0.364. The van der Waals surface area contributed by atoms with Gasteiger partial charge in [-0.2, -0.15) is 13.2 Å². The van der Waals surface area contributed by atoms with Gasteiger partial charge in [-0.1, -0.05) is 26.8 Å². The Bertz CT molecular complexity index is 1130. The highest BCUT2D eigenvalue weighted by atomic mass is 19.4. The van der Waals surface area contributed by atoms with Crippen molar-refractivity contribution in [3.05, 3.63) is 47.5 Å². The van der Waals surface area contributed by atoms with E-state index in [0.717, 1.165) is 6.07 Å². The summed E-state index contributed by atoms with van der Waals surface area (Å²) >= 11 is 0. The van der Waals surface area contributed by atoms with E-state index in [9.17, 15) is 18.0 Å². The molecular formula is C22H24F4N4O. The van der Waals surface area contributed by atoms with Crippen LogP contribution in [0.4, 0.5) is 23.2 Å². The molecule has 4 N–H and O–H groups in total. The molecule has 0 saturated carbocycles. The summed E-state index contributed by atoms with van der Waals surface area (Å²) in [7, 11) is 0. The zero-order valence-corrected chi connectivity index (χ0v) is 17.6. The second-order valence-corrected chi connectivity index (χ2v) is 8.76. The first-order valence-electron chi connectivity index (χ1n) is 9.69.